The topological polar surface area (TPSA) is 72.9 Å². The van der Waals surface area contributed by atoms with Crippen LogP contribution < -0.4 is 11.1 Å². The number of aryl methyl sites for hydroxylation is 2. The van der Waals surface area contributed by atoms with Gasteiger partial charge in [0.2, 0.25) is 5.91 Å². The minimum absolute atomic E-state index is 0.0648. The lowest BCUT2D eigenvalue weighted by molar-refractivity contribution is -0.118. The number of nitrogens with two attached hydrogens (primary N) is 1. The summed E-state index contributed by atoms with van der Waals surface area (Å²) in [5, 5.41) is 2.88. The van der Waals surface area contributed by atoms with E-state index in [1.165, 1.54) is 12.1 Å². The highest BCUT2D eigenvalue weighted by molar-refractivity contribution is 5.95. The van der Waals surface area contributed by atoms with E-state index in [0.717, 1.165) is 28.2 Å². The lowest BCUT2D eigenvalue weighted by Crippen LogP contribution is -2.39. The van der Waals surface area contributed by atoms with Gasteiger partial charge in [0.05, 0.1) is 17.1 Å². The summed E-state index contributed by atoms with van der Waals surface area (Å²) >= 11 is 0. The molecule has 0 aliphatic rings. The number of benzene rings is 2. The van der Waals surface area contributed by atoms with Crippen LogP contribution in [0.5, 0.6) is 0 Å². The third kappa shape index (κ3) is 3.32. The van der Waals surface area contributed by atoms with E-state index in [1.54, 1.807) is 6.07 Å². The molecule has 1 aromatic heterocycles. The minimum atomic E-state index is -0.552. The Kier molecular flexibility index (Phi) is 4.78. The van der Waals surface area contributed by atoms with Gasteiger partial charge in [0.15, 0.2) is 0 Å². The van der Waals surface area contributed by atoms with Gasteiger partial charge in [-0.3, -0.25) is 4.79 Å². The Morgan fingerprint density at radius 3 is 2.62 bits per heavy atom. The van der Waals surface area contributed by atoms with E-state index in [1.807, 2.05) is 50.6 Å². The first-order valence-electron chi connectivity index (χ1n) is 8.57. The molecule has 3 aromatic rings. The van der Waals surface area contributed by atoms with Crippen molar-refractivity contribution >= 4 is 22.6 Å². The summed E-state index contributed by atoms with van der Waals surface area (Å²) in [5.41, 5.74) is 9.90. The summed E-state index contributed by atoms with van der Waals surface area (Å²) in [6.45, 7) is 5.74. The van der Waals surface area contributed by atoms with E-state index in [-0.39, 0.29) is 17.6 Å². The molecule has 0 bridgehead atoms. The molecule has 2 aromatic carbocycles. The van der Waals surface area contributed by atoms with Crippen molar-refractivity contribution < 1.29 is 9.18 Å². The standard InChI is InChI=1S/C20H23FN4O/c1-11(2)18(22)20(26)24-15-7-5-13(9-12(15)3)19-23-16-10-14(21)6-8-17(16)25(19)4/h5-11,18H,22H2,1-4H3,(H,24,26)/t18-/m0/s1. The number of fused-ring (bicyclic) bond motifs is 1. The summed E-state index contributed by atoms with van der Waals surface area (Å²) in [4.78, 5) is 16.7. The van der Waals surface area contributed by atoms with Gasteiger partial charge < -0.3 is 15.6 Å². The first kappa shape index (κ1) is 18.1. The van der Waals surface area contributed by atoms with Crippen molar-refractivity contribution in [1.29, 1.82) is 0 Å². The van der Waals surface area contributed by atoms with Crippen LogP contribution in [-0.4, -0.2) is 21.5 Å². The van der Waals surface area contributed by atoms with Crippen molar-refractivity contribution in [3.05, 3.63) is 47.8 Å². The average molecular weight is 354 g/mol. The van der Waals surface area contributed by atoms with Gasteiger partial charge in [-0.25, -0.2) is 9.37 Å². The van der Waals surface area contributed by atoms with Crippen LogP contribution in [0.2, 0.25) is 0 Å². The maximum absolute atomic E-state index is 13.4. The first-order valence-corrected chi connectivity index (χ1v) is 8.57. The van der Waals surface area contributed by atoms with Crippen molar-refractivity contribution in [2.75, 3.05) is 5.32 Å². The number of amides is 1. The van der Waals surface area contributed by atoms with Crippen LogP contribution in [0.15, 0.2) is 36.4 Å². The predicted octanol–water partition coefficient (Wildman–Crippen LogP) is 3.61. The number of halogens is 1. The van der Waals surface area contributed by atoms with Gasteiger partial charge in [-0.15, -0.1) is 0 Å². The van der Waals surface area contributed by atoms with Gasteiger partial charge in [0.1, 0.15) is 11.6 Å². The van der Waals surface area contributed by atoms with E-state index in [2.05, 4.69) is 10.3 Å². The molecule has 0 fully saturated rings. The molecule has 1 amide bonds. The molecular weight excluding hydrogens is 331 g/mol. The molecule has 0 spiro atoms. The van der Waals surface area contributed by atoms with Crippen molar-refractivity contribution in [3.8, 4) is 11.4 Å². The van der Waals surface area contributed by atoms with Gasteiger partial charge in [0, 0.05) is 24.4 Å². The highest BCUT2D eigenvalue weighted by atomic mass is 19.1. The quantitative estimate of drug-likeness (QED) is 0.752. The minimum Gasteiger partial charge on any atom is -0.327 e. The van der Waals surface area contributed by atoms with Crippen LogP contribution in [0.4, 0.5) is 10.1 Å². The third-order valence-electron chi connectivity index (χ3n) is 4.61. The molecule has 6 heteroatoms. The molecule has 5 nitrogen and oxygen atoms in total. The highest BCUT2D eigenvalue weighted by Gasteiger charge is 2.18. The molecule has 3 rings (SSSR count). The van der Waals surface area contributed by atoms with E-state index in [0.29, 0.717) is 5.52 Å². The van der Waals surface area contributed by atoms with E-state index in [9.17, 15) is 9.18 Å². The van der Waals surface area contributed by atoms with Crippen LogP contribution >= 0.6 is 0 Å². The van der Waals surface area contributed by atoms with Crippen LogP contribution in [-0.2, 0) is 11.8 Å². The molecule has 0 aliphatic carbocycles. The van der Waals surface area contributed by atoms with Gasteiger partial charge in [-0.1, -0.05) is 13.8 Å². The van der Waals surface area contributed by atoms with Gasteiger partial charge in [-0.2, -0.15) is 0 Å². The highest BCUT2D eigenvalue weighted by Crippen LogP contribution is 2.27. The lowest BCUT2D eigenvalue weighted by Gasteiger charge is -2.17. The number of nitrogens with zero attached hydrogens (tertiary/aromatic N) is 2. The molecule has 1 atom stereocenters. The van der Waals surface area contributed by atoms with Gasteiger partial charge >= 0.3 is 0 Å². The summed E-state index contributed by atoms with van der Waals surface area (Å²) in [7, 11) is 1.90. The Labute approximate surface area is 152 Å². The fourth-order valence-corrected chi connectivity index (χ4v) is 2.89. The second-order valence-electron chi connectivity index (χ2n) is 6.92. The Morgan fingerprint density at radius 1 is 1.23 bits per heavy atom. The van der Waals surface area contributed by atoms with Crippen molar-refractivity contribution in [2.45, 2.75) is 26.8 Å². The molecule has 26 heavy (non-hydrogen) atoms. The van der Waals surface area contributed by atoms with E-state index >= 15 is 0 Å². The molecule has 1 heterocycles. The van der Waals surface area contributed by atoms with Gasteiger partial charge in [0.25, 0.3) is 0 Å². The van der Waals surface area contributed by atoms with Crippen LogP contribution in [0, 0.1) is 18.7 Å². The molecule has 136 valence electrons. The number of aromatic nitrogens is 2. The number of imidazole rings is 1. The smallest absolute Gasteiger partial charge is 0.241 e. The summed E-state index contributed by atoms with van der Waals surface area (Å²) in [5.74, 6) is 0.298. The largest absolute Gasteiger partial charge is 0.327 e. The second kappa shape index (κ2) is 6.88. The molecule has 0 saturated heterocycles. The van der Waals surface area contributed by atoms with E-state index in [4.69, 9.17) is 5.73 Å². The Morgan fingerprint density at radius 2 is 1.96 bits per heavy atom. The third-order valence-corrected chi connectivity index (χ3v) is 4.61. The molecule has 0 aliphatic heterocycles. The Balaban J connectivity index is 1.93. The summed E-state index contributed by atoms with van der Waals surface area (Å²) in [6, 6.07) is 9.70. The Hall–Kier alpha value is -2.73. The zero-order chi connectivity index (χ0) is 19.0. The summed E-state index contributed by atoms with van der Waals surface area (Å²) < 4.78 is 15.4. The molecular formula is C20H23FN4O. The van der Waals surface area contributed by atoms with Crippen molar-refractivity contribution in [2.24, 2.45) is 18.7 Å². The molecule has 0 unspecified atom stereocenters. The maximum Gasteiger partial charge on any atom is 0.241 e. The number of hydrogen-bond donors (Lipinski definition) is 2. The van der Waals surface area contributed by atoms with Crippen LogP contribution in [0.25, 0.3) is 22.4 Å². The number of carbonyl (C=O) groups excluding carboxylic acids is 1. The second-order valence-corrected chi connectivity index (χ2v) is 6.92. The normalized spacial score (nSPS) is 12.6. The fourth-order valence-electron chi connectivity index (χ4n) is 2.89. The van der Waals surface area contributed by atoms with Crippen LogP contribution in [0.3, 0.4) is 0 Å². The zero-order valence-electron chi connectivity index (χ0n) is 15.4. The number of anilines is 1. The fraction of sp³-hybridized carbons (Fsp3) is 0.300. The van der Waals surface area contributed by atoms with Gasteiger partial charge in [-0.05, 0) is 48.7 Å². The van der Waals surface area contributed by atoms with Crippen molar-refractivity contribution in [3.63, 3.8) is 0 Å². The average Bonchev–Trinajstić information content (AvgIpc) is 2.91. The molecule has 0 radical (unpaired) electrons. The number of hydrogen-bond acceptors (Lipinski definition) is 3. The number of carbonyl (C=O) groups is 1. The Bertz CT molecular complexity index is 977. The SMILES string of the molecule is Cc1cc(-c2nc3cc(F)ccc3n2C)ccc1NC(=O)[C@@H](N)C(C)C. The zero-order valence-corrected chi connectivity index (χ0v) is 15.4. The van der Waals surface area contributed by atoms with E-state index < -0.39 is 6.04 Å². The first-order chi connectivity index (χ1) is 12.3. The number of nitrogens with one attached hydrogen (secondary N) is 1. The summed E-state index contributed by atoms with van der Waals surface area (Å²) in [6.07, 6.45) is 0. The number of rotatable bonds is 4. The van der Waals surface area contributed by atoms with Crippen LogP contribution in [0.1, 0.15) is 19.4 Å². The molecule has 3 N–H and O–H groups in total. The monoisotopic (exact) mass is 354 g/mol. The lowest BCUT2D eigenvalue weighted by atomic mass is 10.0. The van der Waals surface area contributed by atoms with Crippen molar-refractivity contribution in [1.82, 2.24) is 9.55 Å². The molecule has 0 saturated carbocycles. The maximum atomic E-state index is 13.4. The predicted molar refractivity (Wildman–Crippen MR) is 102 cm³/mol.